The molecule has 1 N–H and O–H groups in total. The number of carbonyl (C=O) groups excluding carboxylic acids is 1. The lowest BCUT2D eigenvalue weighted by Crippen LogP contribution is -2.44. The Morgan fingerprint density at radius 3 is 2.43 bits per heavy atom. The van der Waals surface area contributed by atoms with E-state index < -0.39 is 11.7 Å². The third-order valence-corrected chi connectivity index (χ3v) is 2.91. The van der Waals surface area contributed by atoms with Crippen LogP contribution in [0.2, 0.25) is 0 Å². The first kappa shape index (κ1) is 17.9. The van der Waals surface area contributed by atoms with E-state index in [1.165, 1.54) is 0 Å². The maximum Gasteiger partial charge on any atom is 0.407 e. The van der Waals surface area contributed by atoms with E-state index in [9.17, 15) is 9.18 Å². The van der Waals surface area contributed by atoms with Gasteiger partial charge in [0, 0.05) is 38.3 Å². The van der Waals surface area contributed by atoms with E-state index in [1.54, 1.807) is 20.8 Å². The number of hydrogen-bond acceptors (Lipinski definition) is 5. The highest BCUT2D eigenvalue weighted by atomic mass is 19.1. The Labute approximate surface area is 125 Å². The topological polar surface area (TPSA) is 54.0 Å². The van der Waals surface area contributed by atoms with Crippen molar-refractivity contribution >= 4 is 6.09 Å². The zero-order chi connectivity index (χ0) is 15.9. The minimum Gasteiger partial charge on any atom is -0.444 e. The Bertz CT molecular complexity index is 361. The van der Waals surface area contributed by atoms with E-state index in [0.29, 0.717) is 11.9 Å². The van der Waals surface area contributed by atoms with Gasteiger partial charge in [0.05, 0.1) is 12.9 Å². The molecule has 1 rings (SSSR count). The van der Waals surface area contributed by atoms with Gasteiger partial charge in [0.1, 0.15) is 5.60 Å². The lowest BCUT2D eigenvalue weighted by molar-refractivity contribution is -0.167. The van der Waals surface area contributed by atoms with Crippen LogP contribution < -0.4 is 5.32 Å². The van der Waals surface area contributed by atoms with E-state index in [-0.39, 0.29) is 13.2 Å². The summed E-state index contributed by atoms with van der Waals surface area (Å²) in [6.07, 6.45) is -0.102. The van der Waals surface area contributed by atoms with Crippen molar-refractivity contribution in [3.8, 4) is 0 Å². The molecule has 0 aromatic carbocycles. The lowest BCUT2D eigenvalue weighted by atomic mass is 10.2. The van der Waals surface area contributed by atoms with Gasteiger partial charge in [0.15, 0.2) is 0 Å². The lowest BCUT2D eigenvalue weighted by Gasteiger charge is -2.31. The normalized spacial score (nSPS) is 18.6. The van der Waals surface area contributed by atoms with E-state index in [1.807, 2.05) is 5.06 Å². The Morgan fingerprint density at radius 2 is 1.90 bits per heavy atom. The average molecular weight is 303 g/mol. The van der Waals surface area contributed by atoms with E-state index in [4.69, 9.17) is 9.57 Å². The molecule has 1 amide bonds. The third-order valence-electron chi connectivity index (χ3n) is 2.91. The van der Waals surface area contributed by atoms with Crippen molar-refractivity contribution in [2.45, 2.75) is 26.4 Å². The molecule has 0 saturated carbocycles. The van der Waals surface area contributed by atoms with Gasteiger partial charge in [-0.15, -0.1) is 0 Å². The fourth-order valence-corrected chi connectivity index (χ4v) is 1.71. The second kappa shape index (κ2) is 8.31. The molecule has 1 fully saturated rings. The smallest absolute Gasteiger partial charge is 0.407 e. The van der Waals surface area contributed by atoms with Gasteiger partial charge in [-0.1, -0.05) is 0 Å². The summed E-state index contributed by atoms with van der Waals surface area (Å²) in [5.74, 6) is 0. The molecule has 0 atom stereocenters. The van der Waals surface area contributed by atoms with Crippen molar-refractivity contribution in [3.05, 3.63) is 11.9 Å². The van der Waals surface area contributed by atoms with Crippen molar-refractivity contribution in [2.75, 3.05) is 46.4 Å². The summed E-state index contributed by atoms with van der Waals surface area (Å²) in [5.41, 5.74) is -0.209. The molecule has 0 radical (unpaired) electrons. The molecule has 0 aliphatic carbocycles. The van der Waals surface area contributed by atoms with Crippen molar-refractivity contribution in [1.82, 2.24) is 15.3 Å². The summed E-state index contributed by atoms with van der Waals surface area (Å²) < 4.78 is 17.9. The number of likely N-dealkylation sites (N-methyl/N-ethyl adjacent to an activating group) is 1. The Balaban J connectivity index is 2.25. The number of hydrogen-bond donors (Lipinski definition) is 1. The fraction of sp³-hybridized carbons (Fsp3) is 0.786. The van der Waals surface area contributed by atoms with Gasteiger partial charge in [-0.2, -0.15) is 5.06 Å². The number of alkyl carbamates (subject to hydrolysis) is 1. The maximum absolute atomic E-state index is 12.8. The summed E-state index contributed by atoms with van der Waals surface area (Å²) in [4.78, 5) is 19.2. The molecule has 1 heterocycles. The van der Waals surface area contributed by atoms with Gasteiger partial charge in [-0.25, -0.2) is 9.18 Å². The maximum atomic E-state index is 12.8. The number of carbonyl (C=O) groups is 1. The SMILES string of the molecule is CN1CCN(OC/C(=C/F)CNC(=O)OC(C)(C)C)CC1. The monoisotopic (exact) mass is 303 g/mol. The largest absolute Gasteiger partial charge is 0.444 e. The molecule has 0 unspecified atom stereocenters. The quantitative estimate of drug-likeness (QED) is 0.835. The number of amides is 1. The molecule has 0 aromatic heterocycles. The van der Waals surface area contributed by atoms with Crippen LogP contribution in [0, 0.1) is 0 Å². The molecule has 0 aromatic rings. The second-order valence-corrected chi connectivity index (χ2v) is 6.13. The highest BCUT2D eigenvalue weighted by Gasteiger charge is 2.17. The van der Waals surface area contributed by atoms with E-state index in [2.05, 4.69) is 17.3 Å². The Morgan fingerprint density at radius 1 is 1.29 bits per heavy atom. The van der Waals surface area contributed by atoms with Crippen LogP contribution in [0.15, 0.2) is 11.9 Å². The first-order valence-electron chi connectivity index (χ1n) is 7.11. The van der Waals surface area contributed by atoms with Crippen LogP contribution in [-0.4, -0.2) is 68.0 Å². The predicted molar refractivity (Wildman–Crippen MR) is 78.4 cm³/mol. The van der Waals surface area contributed by atoms with Crippen molar-refractivity contribution in [2.24, 2.45) is 0 Å². The van der Waals surface area contributed by atoms with Crippen molar-refractivity contribution in [1.29, 1.82) is 0 Å². The standard InChI is InChI=1S/C14H26FN3O3/c1-14(2,3)21-13(19)16-10-12(9-15)11-20-18-7-5-17(4)6-8-18/h9H,5-8,10-11H2,1-4H3,(H,16,19)/b12-9+. The molecule has 1 aliphatic heterocycles. The Kier molecular flexibility index (Phi) is 7.07. The van der Waals surface area contributed by atoms with E-state index >= 15 is 0 Å². The molecular formula is C14H26FN3O3. The van der Waals surface area contributed by atoms with Crippen molar-refractivity contribution < 1.29 is 18.8 Å². The molecular weight excluding hydrogens is 277 g/mol. The summed E-state index contributed by atoms with van der Waals surface area (Å²) in [6.45, 7) is 8.93. The Hall–Kier alpha value is -1.18. The van der Waals surface area contributed by atoms with Crippen LogP contribution in [0.1, 0.15) is 20.8 Å². The summed E-state index contributed by atoms with van der Waals surface area (Å²) in [7, 11) is 2.05. The number of hydroxylamine groups is 2. The number of piperazine rings is 1. The minimum absolute atomic E-state index is 0.0686. The summed E-state index contributed by atoms with van der Waals surface area (Å²) in [5, 5.41) is 4.33. The zero-order valence-corrected chi connectivity index (χ0v) is 13.3. The number of rotatable bonds is 5. The van der Waals surface area contributed by atoms with Gasteiger partial charge in [-0.05, 0) is 27.8 Å². The van der Waals surface area contributed by atoms with Crippen LogP contribution in [0.3, 0.4) is 0 Å². The van der Waals surface area contributed by atoms with Crippen LogP contribution in [0.25, 0.3) is 0 Å². The first-order chi connectivity index (χ1) is 9.80. The predicted octanol–water partition coefficient (Wildman–Crippen LogP) is 1.54. The highest BCUT2D eigenvalue weighted by Crippen LogP contribution is 2.07. The minimum atomic E-state index is -0.569. The third kappa shape index (κ3) is 7.99. The summed E-state index contributed by atoms with van der Waals surface area (Å²) >= 11 is 0. The average Bonchev–Trinajstić information content (AvgIpc) is 2.39. The molecule has 0 spiro atoms. The zero-order valence-electron chi connectivity index (χ0n) is 13.3. The van der Waals surface area contributed by atoms with Gasteiger partial charge >= 0.3 is 6.09 Å². The molecule has 6 nitrogen and oxygen atoms in total. The number of nitrogens with zero attached hydrogens (tertiary/aromatic N) is 2. The van der Waals surface area contributed by atoms with Crippen LogP contribution >= 0.6 is 0 Å². The van der Waals surface area contributed by atoms with Gasteiger partial charge in [0.2, 0.25) is 0 Å². The number of halogens is 1. The molecule has 1 saturated heterocycles. The fourth-order valence-electron chi connectivity index (χ4n) is 1.71. The van der Waals surface area contributed by atoms with Gasteiger partial charge in [-0.3, -0.25) is 4.84 Å². The second-order valence-electron chi connectivity index (χ2n) is 6.13. The van der Waals surface area contributed by atoms with Crippen molar-refractivity contribution in [3.63, 3.8) is 0 Å². The molecule has 0 bridgehead atoms. The van der Waals surface area contributed by atoms with Gasteiger partial charge in [0.25, 0.3) is 0 Å². The molecule has 21 heavy (non-hydrogen) atoms. The first-order valence-corrected chi connectivity index (χ1v) is 7.11. The highest BCUT2D eigenvalue weighted by molar-refractivity contribution is 5.68. The molecule has 7 heteroatoms. The molecule has 1 aliphatic rings. The number of ether oxygens (including phenoxy) is 1. The van der Waals surface area contributed by atoms with E-state index in [0.717, 1.165) is 26.2 Å². The van der Waals surface area contributed by atoms with Crippen LogP contribution in [-0.2, 0) is 9.57 Å². The van der Waals surface area contributed by atoms with Gasteiger partial charge < -0.3 is 15.0 Å². The summed E-state index contributed by atoms with van der Waals surface area (Å²) in [6, 6.07) is 0. The van der Waals surface area contributed by atoms with Crippen LogP contribution in [0.4, 0.5) is 9.18 Å². The molecule has 122 valence electrons. The van der Waals surface area contributed by atoms with Crippen LogP contribution in [0.5, 0.6) is 0 Å². The number of nitrogens with one attached hydrogen (secondary N) is 1.